The highest BCUT2D eigenvalue weighted by atomic mass is 16.5. The van der Waals surface area contributed by atoms with E-state index in [-0.39, 0.29) is 21.7 Å². The number of fused-ring (bicyclic) bond motifs is 5. The van der Waals surface area contributed by atoms with Crippen LogP contribution in [0.3, 0.4) is 0 Å². The van der Waals surface area contributed by atoms with Crippen molar-refractivity contribution < 1.29 is 19.7 Å². The summed E-state index contributed by atoms with van der Waals surface area (Å²) in [7, 11) is 0. The van der Waals surface area contributed by atoms with Gasteiger partial charge in [0.05, 0.1) is 18.3 Å². The molecule has 34 heavy (non-hydrogen) atoms. The van der Waals surface area contributed by atoms with Crippen molar-refractivity contribution in [2.75, 3.05) is 6.61 Å². The molecule has 192 valence electrons. The number of ether oxygens (including phenoxy) is 1. The van der Waals surface area contributed by atoms with Gasteiger partial charge in [0.15, 0.2) is 0 Å². The molecule has 1 heterocycles. The summed E-state index contributed by atoms with van der Waals surface area (Å²) in [4.78, 5) is 12.8. The first-order valence-electron chi connectivity index (χ1n) is 13.9. The molecule has 4 aliphatic carbocycles. The fourth-order valence-electron chi connectivity index (χ4n) is 10.1. The zero-order valence-corrected chi connectivity index (χ0v) is 22.6. The Labute approximate surface area is 206 Å². The molecule has 3 saturated carbocycles. The molecule has 5 rings (SSSR count). The third-order valence-corrected chi connectivity index (χ3v) is 12.3. The van der Waals surface area contributed by atoms with E-state index < -0.39 is 17.8 Å². The summed E-state index contributed by atoms with van der Waals surface area (Å²) in [6.07, 6.45) is 9.84. The molecule has 0 aromatic heterocycles. The summed E-state index contributed by atoms with van der Waals surface area (Å²) in [5.41, 5.74) is 1.05. The van der Waals surface area contributed by atoms with Gasteiger partial charge >= 0.3 is 0 Å². The molecule has 4 nitrogen and oxygen atoms in total. The Morgan fingerprint density at radius 2 is 1.76 bits per heavy atom. The second kappa shape index (κ2) is 7.65. The van der Waals surface area contributed by atoms with E-state index in [0.29, 0.717) is 36.1 Å². The van der Waals surface area contributed by atoms with Crippen LogP contribution in [0.15, 0.2) is 11.6 Å². The molecule has 1 unspecified atom stereocenters. The lowest BCUT2D eigenvalue weighted by Gasteiger charge is -2.63. The number of rotatable bonds is 2. The number of aliphatic hydroxyl groups excluding tert-OH is 1. The van der Waals surface area contributed by atoms with E-state index in [1.165, 1.54) is 25.7 Å². The van der Waals surface area contributed by atoms with Crippen LogP contribution in [0.4, 0.5) is 0 Å². The molecule has 4 heteroatoms. The second-order valence-corrected chi connectivity index (χ2v) is 14.6. The maximum Gasteiger partial charge on any atom is 0.138 e. The highest BCUT2D eigenvalue weighted by Gasteiger charge is 2.66. The molecule has 0 amide bonds. The van der Waals surface area contributed by atoms with Gasteiger partial charge in [-0.25, -0.2) is 0 Å². The van der Waals surface area contributed by atoms with Gasteiger partial charge in [-0.2, -0.15) is 0 Å². The van der Waals surface area contributed by atoms with Crippen molar-refractivity contribution in [3.05, 3.63) is 11.6 Å². The van der Waals surface area contributed by atoms with Crippen molar-refractivity contribution >= 4 is 5.78 Å². The first kappa shape index (κ1) is 25.0. The van der Waals surface area contributed by atoms with Crippen molar-refractivity contribution in [3.8, 4) is 0 Å². The van der Waals surface area contributed by atoms with E-state index in [1.807, 2.05) is 0 Å². The molecule has 4 fully saturated rings. The maximum atomic E-state index is 12.8. The Morgan fingerprint density at radius 1 is 1.06 bits per heavy atom. The number of ketones is 1. The lowest BCUT2D eigenvalue weighted by molar-refractivity contribution is -0.187. The van der Waals surface area contributed by atoms with Gasteiger partial charge < -0.3 is 14.9 Å². The van der Waals surface area contributed by atoms with Crippen molar-refractivity contribution in [1.82, 2.24) is 0 Å². The van der Waals surface area contributed by atoms with Gasteiger partial charge in [0, 0.05) is 11.8 Å². The molecule has 0 aromatic rings. The SMILES string of the molecule is CC1(C)C(=O)CC[C@@]2(C)C1CC=C1[C@@H]2CC[C@@]2(C)[C@@H]([C@H]3CO[C@H](C(C)(C)O)[C@H](O)C3)CC[C@]12C. The van der Waals surface area contributed by atoms with Crippen LogP contribution < -0.4 is 0 Å². The van der Waals surface area contributed by atoms with Gasteiger partial charge in [-0.1, -0.05) is 46.3 Å². The van der Waals surface area contributed by atoms with Gasteiger partial charge in [-0.05, 0) is 98.7 Å². The monoisotopic (exact) mass is 472 g/mol. The van der Waals surface area contributed by atoms with Gasteiger partial charge in [0.25, 0.3) is 0 Å². The number of hydrogen-bond acceptors (Lipinski definition) is 4. The third kappa shape index (κ3) is 3.23. The topological polar surface area (TPSA) is 66.8 Å². The van der Waals surface area contributed by atoms with Crippen molar-refractivity contribution in [2.45, 2.75) is 118 Å². The minimum Gasteiger partial charge on any atom is -0.390 e. The van der Waals surface area contributed by atoms with Crippen LogP contribution in [-0.2, 0) is 9.53 Å². The van der Waals surface area contributed by atoms with Crippen LogP contribution >= 0.6 is 0 Å². The normalized spacial score (nSPS) is 50.7. The Bertz CT molecular complexity index is 883. The summed E-state index contributed by atoms with van der Waals surface area (Å²) in [6.45, 7) is 16.1. The summed E-state index contributed by atoms with van der Waals surface area (Å²) in [5.74, 6) is 2.37. The predicted molar refractivity (Wildman–Crippen MR) is 134 cm³/mol. The molecule has 1 aliphatic heterocycles. The lowest BCUT2D eigenvalue weighted by Crippen LogP contribution is -2.58. The molecule has 0 spiro atoms. The summed E-state index contributed by atoms with van der Waals surface area (Å²) >= 11 is 0. The van der Waals surface area contributed by atoms with Crippen LogP contribution in [0.2, 0.25) is 0 Å². The zero-order valence-electron chi connectivity index (χ0n) is 22.6. The van der Waals surface area contributed by atoms with Gasteiger partial charge in [-0.3, -0.25) is 4.79 Å². The van der Waals surface area contributed by atoms with E-state index in [4.69, 9.17) is 4.74 Å². The quantitative estimate of drug-likeness (QED) is 0.506. The number of allylic oxidation sites excluding steroid dienone is 2. The zero-order chi connectivity index (χ0) is 24.9. The van der Waals surface area contributed by atoms with E-state index in [9.17, 15) is 15.0 Å². The van der Waals surface area contributed by atoms with E-state index >= 15 is 0 Å². The number of carbonyl (C=O) groups excluding carboxylic acids is 1. The smallest absolute Gasteiger partial charge is 0.138 e. The lowest BCUT2D eigenvalue weighted by atomic mass is 9.41. The molecule has 0 aromatic carbocycles. The highest BCUT2D eigenvalue weighted by Crippen LogP contribution is 2.73. The Hall–Kier alpha value is -0.710. The van der Waals surface area contributed by atoms with Crippen LogP contribution in [-0.4, -0.2) is 40.4 Å². The standard InChI is InChI=1S/C30H48O4/c1-26(2)23-9-8-21-20(28(23,5)13-12-24(26)32)11-15-29(6)19(10-14-30(21,29)7)18-16-22(31)25(34-17-18)27(3,4)33/h8,18-20,22-23,25,31,33H,9-17H2,1-7H3/t18-,19-,20+,22-,23?,25+,28-,29+,30-/m1/s1. The number of Topliss-reactive ketones (excluding diaryl/α,β-unsaturated/α-hetero) is 1. The van der Waals surface area contributed by atoms with Crippen LogP contribution in [0, 0.1) is 45.3 Å². The second-order valence-electron chi connectivity index (χ2n) is 14.6. The molecule has 1 saturated heterocycles. The van der Waals surface area contributed by atoms with Crippen LogP contribution in [0.1, 0.15) is 99.8 Å². The Morgan fingerprint density at radius 3 is 2.41 bits per heavy atom. The fraction of sp³-hybridized carbons (Fsp3) is 0.900. The molecule has 0 bridgehead atoms. The van der Waals surface area contributed by atoms with Gasteiger partial charge in [0.1, 0.15) is 11.9 Å². The first-order valence-corrected chi connectivity index (χ1v) is 13.9. The van der Waals surface area contributed by atoms with Crippen LogP contribution in [0.25, 0.3) is 0 Å². The molecule has 5 aliphatic rings. The van der Waals surface area contributed by atoms with Gasteiger partial charge in [-0.15, -0.1) is 0 Å². The van der Waals surface area contributed by atoms with Crippen molar-refractivity contribution in [3.63, 3.8) is 0 Å². The Kier molecular flexibility index (Phi) is 5.62. The third-order valence-electron chi connectivity index (χ3n) is 12.3. The van der Waals surface area contributed by atoms with Crippen molar-refractivity contribution in [2.24, 2.45) is 45.3 Å². The number of hydrogen-bond donors (Lipinski definition) is 2. The van der Waals surface area contributed by atoms with E-state index in [0.717, 1.165) is 25.7 Å². The fourth-order valence-corrected chi connectivity index (χ4v) is 10.1. The average molecular weight is 473 g/mol. The minimum atomic E-state index is -1.02. The van der Waals surface area contributed by atoms with Crippen molar-refractivity contribution in [1.29, 1.82) is 0 Å². The summed E-state index contributed by atoms with van der Waals surface area (Å²) < 4.78 is 6.12. The Balaban J connectivity index is 1.43. The molecule has 9 atom stereocenters. The first-order chi connectivity index (χ1) is 15.7. The van der Waals surface area contributed by atoms with Crippen LogP contribution in [0.5, 0.6) is 0 Å². The predicted octanol–water partition coefficient (Wildman–Crippen LogP) is 5.70. The summed E-state index contributed by atoms with van der Waals surface area (Å²) in [6, 6.07) is 0. The number of aliphatic hydroxyl groups is 2. The molecule has 0 radical (unpaired) electrons. The molecule has 2 N–H and O–H groups in total. The van der Waals surface area contributed by atoms with Gasteiger partial charge in [0.2, 0.25) is 0 Å². The number of carbonyl (C=O) groups is 1. The highest BCUT2D eigenvalue weighted by molar-refractivity contribution is 5.85. The maximum absolute atomic E-state index is 12.8. The van der Waals surface area contributed by atoms with E-state index in [2.05, 4.69) is 40.7 Å². The average Bonchev–Trinajstić information content (AvgIpc) is 3.02. The minimum absolute atomic E-state index is 0.179. The largest absolute Gasteiger partial charge is 0.390 e. The summed E-state index contributed by atoms with van der Waals surface area (Å²) in [5, 5.41) is 21.3. The molecular weight excluding hydrogens is 424 g/mol. The van der Waals surface area contributed by atoms with E-state index in [1.54, 1.807) is 19.4 Å². The molecular formula is C30H48O4.